The summed E-state index contributed by atoms with van der Waals surface area (Å²) in [6, 6.07) is 6.63. The van der Waals surface area contributed by atoms with Gasteiger partial charge in [0.15, 0.2) is 29.2 Å². The van der Waals surface area contributed by atoms with Gasteiger partial charge >= 0.3 is 13.7 Å². The molecule has 0 amide bonds. The molecule has 17 heteroatoms. The van der Waals surface area contributed by atoms with Crippen LogP contribution in [0, 0.1) is 0 Å². The van der Waals surface area contributed by atoms with E-state index in [0.717, 1.165) is 37.1 Å². The third-order valence-electron chi connectivity index (χ3n) is 7.61. The molecular formula is C28H37F2N6O8P. The van der Waals surface area contributed by atoms with Crippen LogP contribution < -0.4 is 20.1 Å². The van der Waals surface area contributed by atoms with Crippen LogP contribution in [0.2, 0.25) is 0 Å². The Morgan fingerprint density at radius 3 is 2.64 bits per heavy atom. The number of alkyl halides is 2. The Bertz CT molecular complexity index is 1540. The Labute approximate surface area is 258 Å². The number of aliphatic hydroxyl groups is 1. The molecule has 0 bridgehead atoms. The van der Waals surface area contributed by atoms with Gasteiger partial charge in [-0.15, -0.1) is 0 Å². The summed E-state index contributed by atoms with van der Waals surface area (Å²) in [5, 5.41) is 13.3. The van der Waals surface area contributed by atoms with E-state index in [2.05, 4.69) is 20.0 Å². The fourth-order valence-electron chi connectivity index (χ4n) is 5.30. The van der Waals surface area contributed by atoms with Crippen molar-refractivity contribution in [2.24, 2.45) is 0 Å². The number of nitrogens with two attached hydrogens (primary N) is 1. The van der Waals surface area contributed by atoms with Gasteiger partial charge < -0.3 is 29.6 Å². The zero-order valence-corrected chi connectivity index (χ0v) is 26.0. The highest BCUT2D eigenvalue weighted by atomic mass is 31.2. The van der Waals surface area contributed by atoms with Crippen LogP contribution in [0.15, 0.2) is 36.7 Å². The number of para-hydroxylation sites is 1. The summed E-state index contributed by atoms with van der Waals surface area (Å²) in [7, 11) is -4.58. The van der Waals surface area contributed by atoms with Gasteiger partial charge in [-0.25, -0.2) is 18.3 Å². The number of aromatic nitrogens is 4. The number of carbonyl (C=O) groups is 1. The first-order valence-corrected chi connectivity index (χ1v) is 16.2. The summed E-state index contributed by atoms with van der Waals surface area (Å²) in [6.07, 6.45) is 0.910. The number of nitrogen functional groups attached to an aromatic ring is 1. The van der Waals surface area contributed by atoms with Crippen LogP contribution in [0.3, 0.4) is 0 Å². The van der Waals surface area contributed by atoms with Crippen molar-refractivity contribution < 1.29 is 46.5 Å². The number of hydrogen-bond donors (Lipinski definition) is 3. The Morgan fingerprint density at radius 2 is 1.96 bits per heavy atom. The number of carbonyl (C=O) groups excluding carboxylic acids is 1. The Balaban J connectivity index is 1.37. The van der Waals surface area contributed by atoms with E-state index in [0.29, 0.717) is 12.8 Å². The van der Waals surface area contributed by atoms with Crippen molar-refractivity contribution in [3.05, 3.63) is 36.7 Å². The number of esters is 1. The van der Waals surface area contributed by atoms with Gasteiger partial charge in [0.25, 0.3) is 5.85 Å². The summed E-state index contributed by atoms with van der Waals surface area (Å²) in [5.41, 5.74) is 3.07. The van der Waals surface area contributed by atoms with Gasteiger partial charge in [-0.1, -0.05) is 24.6 Å². The van der Waals surface area contributed by atoms with E-state index >= 15 is 8.78 Å². The molecule has 3 unspecified atom stereocenters. The Kier molecular flexibility index (Phi) is 9.61. The summed E-state index contributed by atoms with van der Waals surface area (Å²) >= 11 is 0. The average Bonchev–Trinajstić information content (AvgIpc) is 3.50. The van der Waals surface area contributed by atoms with Crippen LogP contribution >= 0.6 is 7.75 Å². The summed E-state index contributed by atoms with van der Waals surface area (Å²) in [4.78, 5) is 25.0. The van der Waals surface area contributed by atoms with Gasteiger partial charge in [0.2, 0.25) is 11.8 Å². The van der Waals surface area contributed by atoms with E-state index in [4.69, 9.17) is 29.0 Å². The lowest BCUT2D eigenvalue weighted by Gasteiger charge is -2.28. The van der Waals surface area contributed by atoms with Gasteiger partial charge in [0, 0.05) is 0 Å². The number of anilines is 1. The number of imidazole rings is 1. The third kappa shape index (κ3) is 7.04. The largest absolute Gasteiger partial charge is 0.476 e. The monoisotopic (exact) mass is 654 g/mol. The zero-order valence-electron chi connectivity index (χ0n) is 25.1. The van der Waals surface area contributed by atoms with Crippen LogP contribution in [0.1, 0.15) is 59.1 Å². The second-order valence-electron chi connectivity index (χ2n) is 11.2. The standard InChI is InChI=1S/C28H37F2N6O8P/c1-4-40-22-20-21(33-26(31)34-22)36(16-32-20)25-27(3,29)24(38)28(30,43-25)15-41-45(39,44-19-13-9-6-10-14-19)35-17(2)23(37)42-18-11-7-5-8-12-18/h6,9-10,13-14,16-18,24-25,38H,4-5,7-8,11-12,15H2,1-3H3,(H,35,39)(H2,31,33,34)/t17?,24-,25?,27+,28+,45?/m0/s1. The lowest BCUT2D eigenvalue weighted by molar-refractivity contribution is -0.202. The number of rotatable bonds is 12. The summed E-state index contributed by atoms with van der Waals surface area (Å²) in [5.74, 6) is -4.08. The minimum atomic E-state index is -4.58. The van der Waals surface area contributed by atoms with Gasteiger partial charge in [-0.3, -0.25) is 13.9 Å². The molecular weight excluding hydrogens is 617 g/mol. The van der Waals surface area contributed by atoms with Crippen molar-refractivity contribution in [3.8, 4) is 11.6 Å². The molecule has 6 atom stereocenters. The molecule has 1 aliphatic carbocycles. The average molecular weight is 655 g/mol. The number of fused-ring (bicyclic) bond motifs is 1. The molecule has 1 aromatic carbocycles. The van der Waals surface area contributed by atoms with Gasteiger partial charge in [-0.05, 0) is 58.6 Å². The maximum absolute atomic E-state index is 16.3. The predicted molar refractivity (Wildman–Crippen MR) is 157 cm³/mol. The Morgan fingerprint density at radius 1 is 1.24 bits per heavy atom. The molecule has 5 rings (SSSR count). The van der Waals surface area contributed by atoms with Crippen LogP contribution in [-0.2, 0) is 23.4 Å². The van der Waals surface area contributed by atoms with E-state index in [1.807, 2.05) is 0 Å². The van der Waals surface area contributed by atoms with E-state index in [1.54, 1.807) is 25.1 Å². The molecule has 1 aliphatic heterocycles. The first-order valence-electron chi connectivity index (χ1n) is 14.7. The van der Waals surface area contributed by atoms with Crippen molar-refractivity contribution in [2.45, 2.75) is 88.9 Å². The number of ether oxygens (including phenoxy) is 3. The van der Waals surface area contributed by atoms with Gasteiger partial charge in [0.1, 0.15) is 24.5 Å². The molecule has 2 aliphatic rings. The SMILES string of the molecule is CCOc1nc(N)nc2c1ncn2C1O[C@](F)(COP(=O)(NC(C)C(=O)OC2CCCCC2)Oc2ccccc2)[C@@H](O)[C@@]1(C)F. The molecule has 14 nitrogen and oxygen atoms in total. The first-order chi connectivity index (χ1) is 21.3. The van der Waals surface area contributed by atoms with E-state index in [-0.39, 0.29) is 41.5 Å². The van der Waals surface area contributed by atoms with Crippen molar-refractivity contribution in [2.75, 3.05) is 18.9 Å². The zero-order chi connectivity index (χ0) is 32.4. The van der Waals surface area contributed by atoms with Crippen molar-refractivity contribution in [1.82, 2.24) is 24.6 Å². The number of halogens is 2. The van der Waals surface area contributed by atoms with Crippen molar-refractivity contribution >= 4 is 30.8 Å². The molecule has 2 fully saturated rings. The highest BCUT2D eigenvalue weighted by molar-refractivity contribution is 7.52. The second-order valence-corrected chi connectivity index (χ2v) is 12.9. The minimum Gasteiger partial charge on any atom is -0.476 e. The molecule has 246 valence electrons. The first kappa shape index (κ1) is 32.9. The third-order valence-corrected chi connectivity index (χ3v) is 9.24. The van der Waals surface area contributed by atoms with Gasteiger partial charge in [0.05, 0.1) is 12.9 Å². The summed E-state index contributed by atoms with van der Waals surface area (Å²) in [6.45, 7) is 2.98. The lowest BCUT2D eigenvalue weighted by Crippen LogP contribution is -2.47. The van der Waals surface area contributed by atoms with Crippen LogP contribution in [-0.4, -0.2) is 73.6 Å². The number of benzene rings is 1. The molecule has 3 heterocycles. The molecule has 0 spiro atoms. The van der Waals surface area contributed by atoms with Crippen LogP contribution in [0.25, 0.3) is 11.2 Å². The maximum Gasteiger partial charge on any atom is 0.459 e. The number of nitrogens with zero attached hydrogens (tertiary/aromatic N) is 4. The normalized spacial score (nSPS) is 27.6. The van der Waals surface area contributed by atoms with E-state index < -0.39 is 50.2 Å². The van der Waals surface area contributed by atoms with E-state index in [9.17, 15) is 14.5 Å². The molecule has 2 aromatic heterocycles. The van der Waals surface area contributed by atoms with E-state index in [1.165, 1.54) is 19.1 Å². The van der Waals surface area contributed by atoms with Crippen LogP contribution in [0.5, 0.6) is 11.6 Å². The Hall–Kier alpha value is -3.43. The molecule has 3 aromatic rings. The predicted octanol–water partition coefficient (Wildman–Crippen LogP) is 4.15. The molecule has 4 N–H and O–H groups in total. The number of hydrogen-bond acceptors (Lipinski definition) is 12. The smallest absolute Gasteiger partial charge is 0.459 e. The van der Waals surface area contributed by atoms with Crippen LogP contribution in [0.4, 0.5) is 14.7 Å². The van der Waals surface area contributed by atoms with Crippen molar-refractivity contribution in [3.63, 3.8) is 0 Å². The summed E-state index contributed by atoms with van der Waals surface area (Å²) < 4.78 is 74.9. The fraction of sp³-hybridized carbons (Fsp3) is 0.571. The molecule has 1 saturated heterocycles. The number of nitrogens with one attached hydrogen (secondary N) is 1. The maximum atomic E-state index is 16.3. The lowest BCUT2D eigenvalue weighted by atomic mass is 9.97. The number of aliphatic hydroxyl groups excluding tert-OH is 1. The highest BCUT2D eigenvalue weighted by Gasteiger charge is 2.65. The molecule has 0 radical (unpaired) electrons. The van der Waals surface area contributed by atoms with Crippen molar-refractivity contribution in [1.29, 1.82) is 0 Å². The quantitative estimate of drug-likeness (QED) is 0.187. The topological polar surface area (TPSA) is 182 Å². The fourth-order valence-corrected chi connectivity index (χ4v) is 6.81. The second kappa shape index (κ2) is 13.1. The highest BCUT2D eigenvalue weighted by Crippen LogP contribution is 2.52. The minimum absolute atomic E-state index is 0.0221. The molecule has 1 saturated carbocycles. The van der Waals surface area contributed by atoms with Gasteiger partial charge in [-0.2, -0.15) is 15.1 Å². The molecule has 45 heavy (non-hydrogen) atoms.